The molecule has 0 N–H and O–H groups in total. The van der Waals surface area contributed by atoms with Crippen LogP contribution in [0.15, 0.2) is 29.3 Å². The van der Waals surface area contributed by atoms with Crippen molar-refractivity contribution in [3.8, 4) is 0 Å². The first kappa shape index (κ1) is 23.0. The van der Waals surface area contributed by atoms with Crippen LogP contribution in [-0.4, -0.2) is 48.9 Å². The lowest BCUT2D eigenvalue weighted by molar-refractivity contribution is -0.152. The first-order valence-corrected chi connectivity index (χ1v) is 11.0. The lowest BCUT2D eigenvalue weighted by Gasteiger charge is -2.38. The van der Waals surface area contributed by atoms with E-state index in [1.54, 1.807) is 27.7 Å². The predicted molar refractivity (Wildman–Crippen MR) is 119 cm³/mol. The van der Waals surface area contributed by atoms with Gasteiger partial charge in [0.2, 0.25) is 0 Å². The number of hydrogen-bond donors (Lipinski definition) is 0. The number of carbonyl (C=O) groups is 3. The molecular weight excluding hydrogens is 396 g/mol. The fourth-order valence-corrected chi connectivity index (χ4v) is 4.63. The number of benzene rings is 1. The fourth-order valence-electron chi connectivity index (χ4n) is 4.63. The molecule has 1 spiro atoms. The van der Waals surface area contributed by atoms with Gasteiger partial charge in [-0.2, -0.15) is 0 Å². The molecule has 7 heteroatoms. The molecule has 31 heavy (non-hydrogen) atoms. The Balaban J connectivity index is 2.20. The van der Waals surface area contributed by atoms with Gasteiger partial charge in [-0.05, 0) is 52.2 Å². The molecule has 3 rings (SSSR count). The van der Waals surface area contributed by atoms with Crippen molar-refractivity contribution in [3.63, 3.8) is 0 Å². The van der Waals surface area contributed by atoms with Gasteiger partial charge in [0.25, 0.3) is 0 Å². The number of nitrogens with zero attached hydrogens (tertiary/aromatic N) is 2. The highest BCUT2D eigenvalue weighted by Crippen LogP contribution is 2.51. The standard InChI is InChI=1S/C24H32N2O5/c1-6-10-18(27)19(21(28)30-7-2)20-24(13-14-25-15-24)16-11-8-9-12-17(16)26(20)22(29)31-23(3,4)5/h8-9,11-12,15,19-20H,6-7,10,13-14H2,1-5H3/t19?,20-,24?/m0/s1. The van der Waals surface area contributed by atoms with Crippen molar-refractivity contribution in [2.45, 2.75) is 70.9 Å². The van der Waals surface area contributed by atoms with Crippen molar-refractivity contribution < 1.29 is 23.9 Å². The van der Waals surface area contributed by atoms with Crippen molar-refractivity contribution in [1.82, 2.24) is 0 Å². The van der Waals surface area contributed by atoms with Crippen LogP contribution in [-0.2, 0) is 24.5 Å². The molecule has 1 aromatic rings. The summed E-state index contributed by atoms with van der Waals surface area (Å²) in [6, 6.07) is 6.72. The summed E-state index contributed by atoms with van der Waals surface area (Å²) in [4.78, 5) is 45.8. The lowest BCUT2D eigenvalue weighted by atomic mass is 9.70. The Morgan fingerprint density at radius 1 is 1.23 bits per heavy atom. The van der Waals surface area contributed by atoms with Gasteiger partial charge in [0.05, 0.1) is 23.8 Å². The highest BCUT2D eigenvalue weighted by atomic mass is 16.6. The quantitative estimate of drug-likeness (QED) is 0.504. The Hall–Kier alpha value is -2.70. The topological polar surface area (TPSA) is 85.3 Å². The number of esters is 1. The van der Waals surface area contributed by atoms with E-state index in [1.807, 2.05) is 37.4 Å². The number of anilines is 1. The van der Waals surface area contributed by atoms with Crippen LogP contribution in [0.1, 0.15) is 59.4 Å². The van der Waals surface area contributed by atoms with Crippen LogP contribution in [0.5, 0.6) is 0 Å². The van der Waals surface area contributed by atoms with Crippen LogP contribution in [0.4, 0.5) is 10.5 Å². The van der Waals surface area contributed by atoms with Crippen LogP contribution in [0.2, 0.25) is 0 Å². The van der Waals surface area contributed by atoms with Gasteiger partial charge in [-0.3, -0.25) is 19.5 Å². The normalized spacial score (nSPS) is 23.0. The maximum absolute atomic E-state index is 13.4. The van der Waals surface area contributed by atoms with Crippen LogP contribution in [0.25, 0.3) is 0 Å². The zero-order valence-corrected chi connectivity index (χ0v) is 19.0. The van der Waals surface area contributed by atoms with E-state index in [0.29, 0.717) is 25.1 Å². The number of amides is 1. The molecule has 0 radical (unpaired) electrons. The Kier molecular flexibility index (Phi) is 6.53. The summed E-state index contributed by atoms with van der Waals surface area (Å²) in [5.74, 6) is -1.96. The van der Waals surface area contributed by atoms with Gasteiger partial charge in [-0.25, -0.2) is 4.79 Å². The molecule has 2 heterocycles. The van der Waals surface area contributed by atoms with Crippen LogP contribution in [0, 0.1) is 5.92 Å². The molecular formula is C24H32N2O5. The number of aliphatic imine (C=N–C) groups is 1. The second kappa shape index (κ2) is 8.81. The second-order valence-corrected chi connectivity index (χ2v) is 9.08. The van der Waals surface area contributed by atoms with E-state index in [4.69, 9.17) is 9.47 Å². The second-order valence-electron chi connectivity index (χ2n) is 9.08. The summed E-state index contributed by atoms with van der Waals surface area (Å²) >= 11 is 0. The van der Waals surface area contributed by atoms with Crippen molar-refractivity contribution in [3.05, 3.63) is 29.8 Å². The van der Waals surface area contributed by atoms with Gasteiger partial charge < -0.3 is 9.47 Å². The third-order valence-electron chi connectivity index (χ3n) is 5.74. The lowest BCUT2D eigenvalue weighted by Crippen LogP contribution is -2.57. The molecule has 3 atom stereocenters. The van der Waals surface area contributed by atoms with E-state index in [9.17, 15) is 14.4 Å². The third-order valence-corrected chi connectivity index (χ3v) is 5.74. The summed E-state index contributed by atoms with van der Waals surface area (Å²) in [5.41, 5.74) is 0.0523. The van der Waals surface area contributed by atoms with E-state index in [0.717, 1.165) is 5.56 Å². The van der Waals surface area contributed by atoms with Crippen molar-refractivity contribution >= 4 is 29.7 Å². The minimum absolute atomic E-state index is 0.155. The predicted octanol–water partition coefficient (Wildman–Crippen LogP) is 4.07. The first-order valence-electron chi connectivity index (χ1n) is 11.0. The fraction of sp³-hybridized carbons (Fsp3) is 0.583. The molecule has 2 aliphatic rings. The number of fused-ring (bicyclic) bond motifs is 2. The Bertz CT molecular complexity index is 870. The molecule has 0 bridgehead atoms. The zero-order valence-electron chi connectivity index (χ0n) is 19.0. The Morgan fingerprint density at radius 3 is 2.52 bits per heavy atom. The number of ether oxygens (including phenoxy) is 2. The molecule has 0 aromatic heterocycles. The summed E-state index contributed by atoms with van der Waals surface area (Å²) in [5, 5.41) is 0. The number of rotatable bonds is 6. The van der Waals surface area contributed by atoms with E-state index in [-0.39, 0.29) is 18.8 Å². The maximum Gasteiger partial charge on any atom is 0.415 e. The minimum Gasteiger partial charge on any atom is -0.465 e. The van der Waals surface area contributed by atoms with Gasteiger partial charge in [0, 0.05) is 19.2 Å². The van der Waals surface area contributed by atoms with E-state index < -0.39 is 35.0 Å². The average molecular weight is 429 g/mol. The van der Waals surface area contributed by atoms with Crippen LogP contribution in [0.3, 0.4) is 0 Å². The minimum atomic E-state index is -1.12. The molecule has 0 saturated carbocycles. The van der Waals surface area contributed by atoms with Crippen LogP contribution < -0.4 is 4.90 Å². The molecule has 168 valence electrons. The first-order chi connectivity index (χ1) is 14.7. The summed E-state index contributed by atoms with van der Waals surface area (Å²) in [6.45, 7) is 9.69. The van der Waals surface area contributed by atoms with E-state index >= 15 is 0 Å². The van der Waals surface area contributed by atoms with Crippen molar-refractivity contribution in [2.75, 3.05) is 18.1 Å². The zero-order chi connectivity index (χ0) is 22.8. The average Bonchev–Trinajstić information content (AvgIpc) is 3.27. The number of para-hydroxylation sites is 1. The summed E-state index contributed by atoms with van der Waals surface area (Å²) in [7, 11) is 0. The Morgan fingerprint density at radius 2 is 1.94 bits per heavy atom. The molecule has 1 amide bonds. The van der Waals surface area contributed by atoms with Crippen molar-refractivity contribution in [2.24, 2.45) is 10.9 Å². The smallest absolute Gasteiger partial charge is 0.415 e. The molecule has 0 aliphatic carbocycles. The summed E-state index contributed by atoms with van der Waals surface area (Å²) < 4.78 is 11.1. The highest BCUT2D eigenvalue weighted by Gasteiger charge is 2.60. The maximum atomic E-state index is 13.4. The number of ketones is 1. The summed E-state index contributed by atoms with van der Waals surface area (Å²) in [6.07, 6.45) is 2.66. The molecule has 1 aromatic carbocycles. The van der Waals surface area contributed by atoms with Gasteiger partial charge in [0.1, 0.15) is 17.3 Å². The monoisotopic (exact) mass is 428 g/mol. The van der Waals surface area contributed by atoms with E-state index in [2.05, 4.69) is 4.99 Å². The molecule has 7 nitrogen and oxygen atoms in total. The number of carbonyl (C=O) groups excluding carboxylic acids is 3. The molecule has 2 aliphatic heterocycles. The molecule has 0 saturated heterocycles. The van der Waals surface area contributed by atoms with Gasteiger partial charge in [-0.1, -0.05) is 25.1 Å². The molecule has 2 unspecified atom stereocenters. The van der Waals surface area contributed by atoms with Crippen molar-refractivity contribution in [1.29, 1.82) is 0 Å². The SMILES string of the molecule is CCCC(=O)C(C(=O)OCC)[C@@H]1N(C(=O)OC(C)(C)C)c2ccccc2C12C=NCC2. The third kappa shape index (κ3) is 4.23. The number of Topliss-reactive ketones (excluding diaryl/α,β-unsaturated/α-hetero) is 1. The van der Waals surface area contributed by atoms with Crippen LogP contribution >= 0.6 is 0 Å². The van der Waals surface area contributed by atoms with Gasteiger partial charge >= 0.3 is 12.1 Å². The van der Waals surface area contributed by atoms with E-state index in [1.165, 1.54) is 4.90 Å². The number of hydrogen-bond acceptors (Lipinski definition) is 6. The van der Waals surface area contributed by atoms with Gasteiger partial charge in [0.15, 0.2) is 0 Å². The Labute approximate surface area is 183 Å². The molecule has 0 fully saturated rings. The largest absolute Gasteiger partial charge is 0.465 e. The highest BCUT2D eigenvalue weighted by molar-refractivity contribution is 6.06. The van der Waals surface area contributed by atoms with Gasteiger partial charge in [-0.15, -0.1) is 0 Å².